The van der Waals surface area contributed by atoms with Crippen molar-refractivity contribution in [3.05, 3.63) is 150 Å². The third kappa shape index (κ3) is 4.14. The molecule has 0 aliphatic carbocycles. The van der Waals surface area contributed by atoms with Gasteiger partial charge in [-0.3, -0.25) is 0 Å². The van der Waals surface area contributed by atoms with Crippen molar-refractivity contribution in [1.82, 2.24) is 9.13 Å². The minimum Gasteiger partial charge on any atom is -0.399 e. The molecule has 0 amide bonds. The molecule has 8 aromatic rings. The van der Waals surface area contributed by atoms with E-state index in [-0.39, 0.29) is 0 Å². The lowest BCUT2D eigenvalue weighted by molar-refractivity contribution is 1.18. The van der Waals surface area contributed by atoms with Crippen LogP contribution in [0.25, 0.3) is 55.0 Å². The van der Waals surface area contributed by atoms with Crippen LogP contribution in [0, 0.1) is 0 Å². The van der Waals surface area contributed by atoms with E-state index in [9.17, 15) is 0 Å². The predicted octanol–water partition coefficient (Wildman–Crippen LogP) is 9.91. The normalized spacial score (nSPS) is 11.2. The van der Waals surface area contributed by atoms with E-state index < -0.39 is 0 Å². The first-order valence-corrected chi connectivity index (χ1v) is 14.1. The van der Waals surface area contributed by atoms with Gasteiger partial charge in [0.15, 0.2) is 0 Å². The fraction of sp³-hybridized carbons (Fsp3) is 0. The van der Waals surface area contributed by atoms with Gasteiger partial charge in [-0.2, -0.15) is 0 Å². The molecule has 0 fully saturated rings. The highest BCUT2D eigenvalue weighted by Crippen LogP contribution is 2.34. The Balaban J connectivity index is 0.000000132. The summed E-state index contributed by atoms with van der Waals surface area (Å²) in [6.45, 7) is 0. The minimum absolute atomic E-state index is 0.789. The van der Waals surface area contributed by atoms with Gasteiger partial charge in [0.25, 0.3) is 0 Å². The van der Waals surface area contributed by atoms with Gasteiger partial charge in [-0.05, 0) is 60.7 Å². The molecule has 2 N–H and O–H groups in total. The molecular formula is C36H26BrN3. The van der Waals surface area contributed by atoms with Gasteiger partial charge in [-0.1, -0.05) is 101 Å². The Labute approximate surface area is 240 Å². The maximum atomic E-state index is 5.98. The van der Waals surface area contributed by atoms with Crippen LogP contribution in [-0.2, 0) is 0 Å². The molecule has 0 radical (unpaired) electrons. The Morgan fingerprint density at radius 1 is 0.400 bits per heavy atom. The Morgan fingerprint density at radius 3 is 1.38 bits per heavy atom. The fourth-order valence-corrected chi connectivity index (χ4v) is 5.99. The van der Waals surface area contributed by atoms with Crippen LogP contribution < -0.4 is 5.73 Å². The maximum absolute atomic E-state index is 5.98. The molecule has 0 bridgehead atoms. The van der Waals surface area contributed by atoms with Crippen molar-refractivity contribution in [2.24, 2.45) is 0 Å². The smallest absolute Gasteiger partial charge is 0.0561 e. The third-order valence-electron chi connectivity index (χ3n) is 7.36. The SMILES string of the molecule is Brc1ccc2c3ccccc3n(-c3ccccc3)c2c1.Nc1ccc2c3ccccc3n(-c3ccccc3)c2c1. The Morgan fingerprint density at radius 2 is 0.825 bits per heavy atom. The monoisotopic (exact) mass is 579 g/mol. The van der Waals surface area contributed by atoms with E-state index in [1.807, 2.05) is 24.3 Å². The second-order valence-electron chi connectivity index (χ2n) is 9.81. The van der Waals surface area contributed by atoms with Crippen molar-refractivity contribution >= 4 is 65.2 Å². The first kappa shape index (κ1) is 24.3. The summed E-state index contributed by atoms with van der Waals surface area (Å²) < 4.78 is 5.68. The molecule has 2 heterocycles. The van der Waals surface area contributed by atoms with E-state index in [0.717, 1.165) is 21.4 Å². The number of halogens is 1. The van der Waals surface area contributed by atoms with E-state index in [1.54, 1.807) is 0 Å². The van der Waals surface area contributed by atoms with Crippen LogP contribution in [0.1, 0.15) is 0 Å². The lowest BCUT2D eigenvalue weighted by Gasteiger charge is -2.07. The topological polar surface area (TPSA) is 35.9 Å². The van der Waals surface area contributed by atoms with Gasteiger partial charge in [0.05, 0.1) is 22.1 Å². The molecule has 0 aliphatic heterocycles. The third-order valence-corrected chi connectivity index (χ3v) is 7.86. The fourth-order valence-electron chi connectivity index (χ4n) is 5.64. The number of rotatable bonds is 2. The van der Waals surface area contributed by atoms with Crippen LogP contribution in [0.2, 0.25) is 0 Å². The van der Waals surface area contributed by atoms with Crippen molar-refractivity contribution in [3.8, 4) is 11.4 Å². The van der Waals surface area contributed by atoms with Crippen LogP contribution >= 0.6 is 15.9 Å². The van der Waals surface area contributed by atoms with Crippen LogP contribution in [0.15, 0.2) is 150 Å². The highest BCUT2D eigenvalue weighted by atomic mass is 79.9. The van der Waals surface area contributed by atoms with Crippen LogP contribution in [0.4, 0.5) is 5.69 Å². The number of fused-ring (bicyclic) bond motifs is 6. The summed E-state index contributed by atoms with van der Waals surface area (Å²) in [5.74, 6) is 0. The number of nitrogens with zero attached hydrogens (tertiary/aromatic N) is 2. The Bertz CT molecular complexity index is 1970. The summed E-state index contributed by atoms with van der Waals surface area (Å²) >= 11 is 3.58. The van der Waals surface area contributed by atoms with E-state index in [0.29, 0.717) is 0 Å². The lowest BCUT2D eigenvalue weighted by atomic mass is 10.1. The van der Waals surface area contributed by atoms with Crippen LogP contribution in [0.5, 0.6) is 0 Å². The number of nitrogen functional groups attached to an aromatic ring is 1. The van der Waals surface area contributed by atoms with E-state index >= 15 is 0 Å². The summed E-state index contributed by atoms with van der Waals surface area (Å²) in [5, 5.41) is 5.07. The van der Waals surface area contributed by atoms with E-state index in [2.05, 4.69) is 146 Å². The molecule has 40 heavy (non-hydrogen) atoms. The molecule has 0 spiro atoms. The van der Waals surface area contributed by atoms with Crippen LogP contribution in [0.3, 0.4) is 0 Å². The molecule has 4 heteroatoms. The predicted molar refractivity (Wildman–Crippen MR) is 174 cm³/mol. The number of aromatic nitrogens is 2. The first-order chi connectivity index (χ1) is 19.7. The molecule has 2 aromatic heterocycles. The Hall–Kier alpha value is -4.80. The highest BCUT2D eigenvalue weighted by molar-refractivity contribution is 9.10. The zero-order valence-electron chi connectivity index (χ0n) is 21.7. The lowest BCUT2D eigenvalue weighted by Crippen LogP contribution is -1.93. The standard InChI is InChI=1S/C18H12BrN.C18H14N2/c2*19-13-10-11-16-15-8-4-5-9-17(15)20(18(16)12-13)14-6-2-1-3-7-14/h1-12H;1-12H,19H2. The minimum atomic E-state index is 0.789. The van der Waals surface area contributed by atoms with Gasteiger partial charge in [0.2, 0.25) is 0 Å². The maximum Gasteiger partial charge on any atom is 0.0561 e. The molecular weight excluding hydrogens is 554 g/mol. The van der Waals surface area contributed by atoms with Crippen molar-refractivity contribution in [3.63, 3.8) is 0 Å². The largest absolute Gasteiger partial charge is 0.399 e. The van der Waals surface area contributed by atoms with Gasteiger partial charge in [-0.25, -0.2) is 0 Å². The van der Waals surface area contributed by atoms with Crippen LogP contribution in [-0.4, -0.2) is 9.13 Å². The van der Waals surface area contributed by atoms with Gasteiger partial charge in [0, 0.05) is 43.1 Å². The summed E-state index contributed by atoms with van der Waals surface area (Å²) in [7, 11) is 0. The molecule has 0 atom stereocenters. The van der Waals surface area contributed by atoms with E-state index in [4.69, 9.17) is 5.73 Å². The number of hydrogen-bond acceptors (Lipinski definition) is 1. The number of benzene rings is 6. The van der Waals surface area contributed by atoms with Crippen molar-refractivity contribution in [2.75, 3.05) is 5.73 Å². The second-order valence-corrected chi connectivity index (χ2v) is 10.7. The molecule has 6 aromatic carbocycles. The first-order valence-electron chi connectivity index (χ1n) is 13.3. The van der Waals surface area contributed by atoms with Gasteiger partial charge in [0.1, 0.15) is 0 Å². The second kappa shape index (κ2) is 10.1. The molecule has 0 saturated heterocycles. The molecule has 3 nitrogen and oxygen atoms in total. The van der Waals surface area contributed by atoms with Crippen molar-refractivity contribution in [1.29, 1.82) is 0 Å². The number of para-hydroxylation sites is 4. The average molecular weight is 581 g/mol. The summed E-state index contributed by atoms with van der Waals surface area (Å²) in [5.41, 5.74) is 13.9. The zero-order chi connectivity index (χ0) is 27.1. The van der Waals surface area contributed by atoms with Crippen molar-refractivity contribution < 1.29 is 0 Å². The van der Waals surface area contributed by atoms with Gasteiger partial charge in [-0.15, -0.1) is 0 Å². The number of nitrogens with two attached hydrogens (primary N) is 1. The molecule has 8 rings (SSSR count). The summed E-state index contributed by atoms with van der Waals surface area (Å²) in [6, 6.07) is 50.5. The van der Waals surface area contributed by atoms with Crippen molar-refractivity contribution in [2.45, 2.75) is 0 Å². The molecule has 0 saturated carbocycles. The Kier molecular flexibility index (Phi) is 6.10. The number of hydrogen-bond donors (Lipinski definition) is 1. The zero-order valence-corrected chi connectivity index (χ0v) is 23.3. The van der Waals surface area contributed by atoms with Gasteiger partial charge >= 0.3 is 0 Å². The van der Waals surface area contributed by atoms with Gasteiger partial charge < -0.3 is 14.9 Å². The quantitative estimate of drug-likeness (QED) is 0.203. The summed E-state index contributed by atoms with van der Waals surface area (Å²) in [4.78, 5) is 0. The molecule has 0 unspecified atom stereocenters. The highest BCUT2D eigenvalue weighted by Gasteiger charge is 2.12. The average Bonchev–Trinajstić information content (AvgIpc) is 3.50. The summed E-state index contributed by atoms with van der Waals surface area (Å²) in [6.07, 6.45) is 0. The molecule has 0 aliphatic rings. The number of anilines is 1. The van der Waals surface area contributed by atoms with E-state index in [1.165, 1.54) is 43.8 Å². The molecule has 192 valence electrons.